The fourth-order valence-corrected chi connectivity index (χ4v) is 3.30. The van der Waals surface area contributed by atoms with Gasteiger partial charge >= 0.3 is 0 Å². The molecule has 0 radical (unpaired) electrons. The number of methoxy groups -OCH3 is 1. The summed E-state index contributed by atoms with van der Waals surface area (Å²) in [5.41, 5.74) is 4.63. The number of aliphatic imine (C=N–C) groups is 1. The molecule has 4 rings (SSSR count). The summed E-state index contributed by atoms with van der Waals surface area (Å²) >= 11 is 0. The molecule has 2 aromatic rings. The third kappa shape index (κ3) is 2.60. The SMILES string of the molecule is COc1ccc([C@H]2CC(=O)C3=C(C2)Nc2ccccc2N=C3)cc1. The van der Waals surface area contributed by atoms with Crippen molar-refractivity contribution < 1.29 is 9.53 Å². The highest BCUT2D eigenvalue weighted by Crippen LogP contribution is 2.38. The Bertz CT molecular complexity index is 850. The van der Waals surface area contributed by atoms with Gasteiger partial charge in [0.2, 0.25) is 0 Å². The molecule has 1 N–H and O–H groups in total. The zero-order chi connectivity index (χ0) is 16.5. The van der Waals surface area contributed by atoms with Crippen molar-refractivity contribution in [2.24, 2.45) is 4.99 Å². The molecule has 0 fully saturated rings. The molecule has 120 valence electrons. The topological polar surface area (TPSA) is 50.7 Å². The van der Waals surface area contributed by atoms with Crippen molar-refractivity contribution in [2.45, 2.75) is 18.8 Å². The van der Waals surface area contributed by atoms with Crippen molar-refractivity contribution in [2.75, 3.05) is 12.4 Å². The van der Waals surface area contributed by atoms with Crippen molar-refractivity contribution in [3.8, 4) is 5.75 Å². The molecular formula is C20H18N2O2. The lowest BCUT2D eigenvalue weighted by molar-refractivity contribution is -0.115. The lowest BCUT2D eigenvalue weighted by Gasteiger charge is -2.25. The minimum Gasteiger partial charge on any atom is -0.497 e. The van der Waals surface area contributed by atoms with Crippen LogP contribution in [0.25, 0.3) is 0 Å². The second-order valence-corrected chi connectivity index (χ2v) is 6.09. The number of fused-ring (bicyclic) bond motifs is 1. The number of carbonyl (C=O) groups is 1. The highest BCUT2D eigenvalue weighted by Gasteiger charge is 2.29. The zero-order valence-electron chi connectivity index (χ0n) is 13.5. The second kappa shape index (κ2) is 5.96. The molecule has 1 aliphatic carbocycles. The van der Waals surface area contributed by atoms with Gasteiger partial charge in [0.1, 0.15) is 5.75 Å². The molecule has 4 heteroatoms. The van der Waals surface area contributed by atoms with Crippen molar-refractivity contribution in [3.05, 3.63) is 65.4 Å². The third-order valence-electron chi connectivity index (χ3n) is 4.62. The van der Waals surface area contributed by atoms with Crippen molar-refractivity contribution in [1.82, 2.24) is 0 Å². The van der Waals surface area contributed by atoms with Gasteiger partial charge in [-0.15, -0.1) is 0 Å². The molecule has 0 spiro atoms. The van der Waals surface area contributed by atoms with E-state index in [4.69, 9.17) is 4.74 Å². The predicted octanol–water partition coefficient (Wildman–Crippen LogP) is 4.22. The Kier molecular flexibility index (Phi) is 3.65. The summed E-state index contributed by atoms with van der Waals surface area (Å²) in [6, 6.07) is 15.8. The van der Waals surface area contributed by atoms with Crippen LogP contribution in [0.1, 0.15) is 24.3 Å². The summed E-state index contributed by atoms with van der Waals surface area (Å²) < 4.78 is 5.21. The maximum atomic E-state index is 12.6. The number of ether oxygens (including phenoxy) is 1. The normalized spacial score (nSPS) is 19.2. The van der Waals surface area contributed by atoms with Gasteiger partial charge in [0, 0.05) is 18.3 Å². The number of hydrogen-bond acceptors (Lipinski definition) is 4. The van der Waals surface area contributed by atoms with E-state index < -0.39 is 0 Å². The standard InChI is InChI=1S/C20H18N2O2/c1-24-15-8-6-13(7-9-15)14-10-19-16(20(23)11-14)12-21-17-4-2-3-5-18(17)22-19/h2-9,12,14,22H,10-11H2,1H3/t14-/m1/s1. The van der Waals surface area contributed by atoms with Crippen LogP contribution >= 0.6 is 0 Å². The minimum absolute atomic E-state index is 0.140. The fourth-order valence-electron chi connectivity index (χ4n) is 3.30. The van der Waals surface area contributed by atoms with E-state index in [0.29, 0.717) is 12.0 Å². The van der Waals surface area contributed by atoms with E-state index in [9.17, 15) is 4.79 Å². The summed E-state index contributed by atoms with van der Waals surface area (Å²) in [5, 5.41) is 3.42. The maximum absolute atomic E-state index is 12.6. The summed E-state index contributed by atoms with van der Waals surface area (Å²) in [6.45, 7) is 0. The van der Waals surface area contributed by atoms with E-state index in [1.807, 2.05) is 48.5 Å². The molecule has 1 atom stereocenters. The number of nitrogens with zero attached hydrogens (tertiary/aromatic N) is 1. The van der Waals surface area contributed by atoms with E-state index in [-0.39, 0.29) is 11.7 Å². The average molecular weight is 318 g/mol. The first kappa shape index (κ1) is 14.7. The largest absolute Gasteiger partial charge is 0.497 e. The number of benzene rings is 2. The van der Waals surface area contributed by atoms with Crippen molar-refractivity contribution in [1.29, 1.82) is 0 Å². The van der Waals surface area contributed by atoms with Crippen LogP contribution in [-0.4, -0.2) is 19.1 Å². The van der Waals surface area contributed by atoms with Crippen LogP contribution in [0, 0.1) is 0 Å². The molecule has 0 aromatic heterocycles. The number of hydrogen-bond donors (Lipinski definition) is 1. The Morgan fingerprint density at radius 1 is 1.08 bits per heavy atom. The molecule has 1 aliphatic heterocycles. The molecule has 2 aromatic carbocycles. The first-order valence-electron chi connectivity index (χ1n) is 8.05. The number of carbonyl (C=O) groups excluding carboxylic acids is 1. The molecule has 0 saturated heterocycles. The predicted molar refractivity (Wildman–Crippen MR) is 95.2 cm³/mol. The summed E-state index contributed by atoms with van der Waals surface area (Å²) in [5.74, 6) is 1.14. The number of para-hydroxylation sites is 2. The number of rotatable bonds is 2. The van der Waals surface area contributed by atoms with Gasteiger partial charge in [-0.1, -0.05) is 24.3 Å². The summed E-state index contributed by atoms with van der Waals surface area (Å²) in [4.78, 5) is 17.1. The van der Waals surface area contributed by atoms with Crippen LogP contribution in [0.5, 0.6) is 5.75 Å². The summed E-state index contributed by atoms with van der Waals surface area (Å²) in [6.07, 6.45) is 3.02. The van der Waals surface area contributed by atoms with E-state index in [0.717, 1.165) is 34.8 Å². The molecule has 0 amide bonds. The summed E-state index contributed by atoms with van der Waals surface area (Å²) in [7, 11) is 1.66. The van der Waals surface area contributed by atoms with Gasteiger partial charge in [0.15, 0.2) is 5.78 Å². The van der Waals surface area contributed by atoms with Gasteiger partial charge in [0.05, 0.1) is 24.1 Å². The second-order valence-electron chi connectivity index (χ2n) is 6.09. The van der Waals surface area contributed by atoms with Crippen molar-refractivity contribution in [3.63, 3.8) is 0 Å². The van der Waals surface area contributed by atoms with Crippen molar-refractivity contribution >= 4 is 23.4 Å². The Balaban J connectivity index is 1.65. The number of Topliss-reactive ketones (excluding diaryl/α,β-unsaturated/α-hetero) is 1. The molecule has 0 unspecified atom stereocenters. The lowest BCUT2D eigenvalue weighted by atomic mass is 9.82. The molecule has 1 heterocycles. The number of ketones is 1. The van der Waals surface area contributed by atoms with E-state index in [2.05, 4.69) is 10.3 Å². The maximum Gasteiger partial charge on any atom is 0.166 e. The minimum atomic E-state index is 0.140. The number of nitrogens with one attached hydrogen (secondary N) is 1. The Hall–Kier alpha value is -2.88. The van der Waals surface area contributed by atoms with E-state index in [1.165, 1.54) is 0 Å². The van der Waals surface area contributed by atoms with Gasteiger partial charge in [-0.3, -0.25) is 9.79 Å². The van der Waals surface area contributed by atoms with E-state index >= 15 is 0 Å². The molecule has 0 bridgehead atoms. The fraction of sp³-hybridized carbons (Fsp3) is 0.200. The molecular weight excluding hydrogens is 300 g/mol. The Morgan fingerprint density at radius 2 is 1.88 bits per heavy atom. The molecule has 4 nitrogen and oxygen atoms in total. The number of anilines is 1. The van der Waals surface area contributed by atoms with Gasteiger partial charge in [-0.2, -0.15) is 0 Å². The smallest absolute Gasteiger partial charge is 0.166 e. The van der Waals surface area contributed by atoms with Gasteiger partial charge in [-0.25, -0.2) is 0 Å². The van der Waals surface area contributed by atoms with Gasteiger partial charge in [0.25, 0.3) is 0 Å². The van der Waals surface area contributed by atoms with E-state index in [1.54, 1.807) is 13.3 Å². The zero-order valence-corrected chi connectivity index (χ0v) is 13.5. The molecule has 0 saturated carbocycles. The Morgan fingerprint density at radius 3 is 2.67 bits per heavy atom. The first-order chi connectivity index (χ1) is 11.7. The van der Waals surface area contributed by atoms with Gasteiger partial charge in [-0.05, 0) is 42.2 Å². The van der Waals surface area contributed by atoms with Crippen LogP contribution in [0.3, 0.4) is 0 Å². The lowest BCUT2D eigenvalue weighted by Crippen LogP contribution is -2.22. The average Bonchev–Trinajstić information content (AvgIpc) is 2.81. The highest BCUT2D eigenvalue weighted by molar-refractivity contribution is 6.16. The Labute approximate surface area is 140 Å². The van der Waals surface area contributed by atoms with Crippen LogP contribution < -0.4 is 10.1 Å². The van der Waals surface area contributed by atoms with Crippen LogP contribution in [-0.2, 0) is 4.79 Å². The first-order valence-corrected chi connectivity index (χ1v) is 8.05. The number of allylic oxidation sites excluding steroid dienone is 2. The monoisotopic (exact) mass is 318 g/mol. The quantitative estimate of drug-likeness (QED) is 0.902. The molecule has 2 aliphatic rings. The van der Waals surface area contributed by atoms with Gasteiger partial charge < -0.3 is 10.1 Å². The van der Waals surface area contributed by atoms with Crippen LogP contribution in [0.15, 0.2) is 64.8 Å². The van der Waals surface area contributed by atoms with Crippen LogP contribution in [0.4, 0.5) is 11.4 Å². The highest BCUT2D eigenvalue weighted by atomic mass is 16.5. The molecule has 24 heavy (non-hydrogen) atoms. The van der Waals surface area contributed by atoms with Crippen LogP contribution in [0.2, 0.25) is 0 Å². The third-order valence-corrected chi connectivity index (χ3v) is 4.62.